The molecule has 0 amide bonds. The summed E-state index contributed by atoms with van der Waals surface area (Å²) in [6.45, 7) is 5.16. The molecule has 4 aliphatic rings. The summed E-state index contributed by atoms with van der Waals surface area (Å²) in [5, 5.41) is 3.78. The van der Waals surface area contributed by atoms with E-state index >= 15 is 0 Å². The minimum Gasteiger partial charge on any atom is -0.491 e. The van der Waals surface area contributed by atoms with E-state index in [0.717, 1.165) is 37.8 Å². The Hall–Kier alpha value is -2.75. The van der Waals surface area contributed by atoms with Crippen LogP contribution in [0.1, 0.15) is 45.4 Å². The average Bonchev–Trinajstić information content (AvgIpc) is 3.32. The molecule has 4 unspecified atom stereocenters. The third kappa shape index (κ3) is 3.94. The van der Waals surface area contributed by atoms with Crippen molar-refractivity contribution >= 4 is 5.84 Å². The second-order valence-electron chi connectivity index (χ2n) is 10.1. The molecule has 1 N–H and O–H groups in total. The summed E-state index contributed by atoms with van der Waals surface area (Å²) in [6.07, 6.45) is 7.51. The Morgan fingerprint density at radius 1 is 1.00 bits per heavy atom. The topological polar surface area (TPSA) is 36.9 Å². The standard InChI is InChI=1S/C29H35N3O/c1-2-20-18-30-29-26(17-23-12-15-27(23)31-29)28(20)32-16-6-9-24(32)19-33-25-13-10-22(11-14-25)21-7-4-3-5-8-21/h3-5,7-8,10-11,13-14,20,23-24,27H,2,6,9,12,15-19H2,1H3,(H,30,31). The number of hydrogen-bond donors (Lipinski definition) is 1. The summed E-state index contributed by atoms with van der Waals surface area (Å²) in [6, 6.07) is 20.2. The van der Waals surface area contributed by atoms with Crippen LogP contribution < -0.4 is 10.1 Å². The second kappa shape index (κ2) is 8.89. The number of nitrogens with one attached hydrogen (secondary N) is 1. The number of piperidine rings is 1. The van der Waals surface area contributed by atoms with Gasteiger partial charge in [-0.25, -0.2) is 0 Å². The number of ether oxygens (including phenoxy) is 1. The van der Waals surface area contributed by atoms with E-state index in [4.69, 9.17) is 9.73 Å². The molecule has 4 atom stereocenters. The molecule has 6 rings (SSSR count). The van der Waals surface area contributed by atoms with E-state index in [1.165, 1.54) is 54.6 Å². The van der Waals surface area contributed by atoms with Crippen molar-refractivity contribution in [2.45, 2.75) is 57.5 Å². The molecule has 2 aromatic rings. The molecule has 3 aliphatic heterocycles. The molecule has 33 heavy (non-hydrogen) atoms. The maximum atomic E-state index is 6.35. The van der Waals surface area contributed by atoms with E-state index in [1.54, 1.807) is 5.70 Å². The molecule has 0 bridgehead atoms. The normalized spacial score (nSPS) is 28.4. The fraction of sp³-hybridized carbons (Fsp3) is 0.483. The first-order valence-electron chi connectivity index (χ1n) is 12.9. The maximum Gasteiger partial charge on any atom is 0.126 e. The summed E-state index contributed by atoms with van der Waals surface area (Å²) in [5.74, 6) is 3.53. The summed E-state index contributed by atoms with van der Waals surface area (Å²) in [4.78, 5) is 7.69. The Bertz CT molecular complexity index is 1040. The molecule has 2 saturated heterocycles. The second-order valence-corrected chi connectivity index (χ2v) is 10.1. The highest BCUT2D eigenvalue weighted by Crippen LogP contribution is 2.42. The highest BCUT2D eigenvalue weighted by Gasteiger charge is 2.42. The molecule has 3 heterocycles. The minimum atomic E-state index is 0.453. The molecule has 0 radical (unpaired) electrons. The largest absolute Gasteiger partial charge is 0.491 e. The summed E-state index contributed by atoms with van der Waals surface area (Å²) < 4.78 is 6.35. The summed E-state index contributed by atoms with van der Waals surface area (Å²) >= 11 is 0. The summed E-state index contributed by atoms with van der Waals surface area (Å²) in [7, 11) is 0. The number of rotatable bonds is 6. The van der Waals surface area contributed by atoms with E-state index < -0.39 is 0 Å². The number of likely N-dealkylation sites (tertiary alicyclic amines) is 1. The van der Waals surface area contributed by atoms with Crippen molar-refractivity contribution < 1.29 is 4.74 Å². The van der Waals surface area contributed by atoms with Gasteiger partial charge in [-0.3, -0.25) is 4.99 Å². The van der Waals surface area contributed by atoms with Crippen LogP contribution in [0.2, 0.25) is 0 Å². The van der Waals surface area contributed by atoms with Gasteiger partial charge in [0.15, 0.2) is 0 Å². The van der Waals surface area contributed by atoms with Crippen LogP contribution in [-0.2, 0) is 0 Å². The molecule has 3 fully saturated rings. The molecule has 4 heteroatoms. The number of amidine groups is 1. The zero-order chi connectivity index (χ0) is 22.2. The van der Waals surface area contributed by atoms with Crippen LogP contribution in [0.3, 0.4) is 0 Å². The van der Waals surface area contributed by atoms with Crippen LogP contribution in [0.25, 0.3) is 11.1 Å². The summed E-state index contributed by atoms with van der Waals surface area (Å²) in [5.41, 5.74) is 5.59. The fourth-order valence-corrected chi connectivity index (χ4v) is 6.15. The Morgan fingerprint density at radius 3 is 2.58 bits per heavy atom. The molecule has 0 spiro atoms. The minimum absolute atomic E-state index is 0.453. The van der Waals surface area contributed by atoms with E-state index in [9.17, 15) is 0 Å². The zero-order valence-corrected chi connectivity index (χ0v) is 19.7. The van der Waals surface area contributed by atoms with E-state index in [2.05, 4.69) is 71.7 Å². The number of aliphatic imine (C=N–C) groups is 1. The number of hydrogen-bond acceptors (Lipinski definition) is 4. The first kappa shape index (κ1) is 20.8. The van der Waals surface area contributed by atoms with Crippen LogP contribution in [-0.4, -0.2) is 42.5 Å². The van der Waals surface area contributed by atoms with Crippen molar-refractivity contribution in [2.24, 2.45) is 16.8 Å². The van der Waals surface area contributed by atoms with Gasteiger partial charge in [-0.05, 0) is 67.7 Å². The first-order chi connectivity index (χ1) is 16.3. The van der Waals surface area contributed by atoms with Crippen LogP contribution in [0.15, 0.2) is 70.9 Å². The maximum absolute atomic E-state index is 6.35. The van der Waals surface area contributed by atoms with Crippen LogP contribution >= 0.6 is 0 Å². The van der Waals surface area contributed by atoms with Gasteiger partial charge in [-0.2, -0.15) is 0 Å². The zero-order valence-electron chi connectivity index (χ0n) is 19.7. The lowest BCUT2D eigenvalue weighted by molar-refractivity contribution is 0.180. The Morgan fingerprint density at radius 2 is 1.82 bits per heavy atom. The number of dihydropyridines is 1. The van der Waals surface area contributed by atoms with Gasteiger partial charge >= 0.3 is 0 Å². The van der Waals surface area contributed by atoms with E-state index in [0.29, 0.717) is 18.0 Å². The van der Waals surface area contributed by atoms with Gasteiger partial charge in [0.25, 0.3) is 0 Å². The van der Waals surface area contributed by atoms with Gasteiger partial charge in [0.05, 0.1) is 6.04 Å². The van der Waals surface area contributed by atoms with Crippen molar-refractivity contribution in [3.8, 4) is 16.9 Å². The average molecular weight is 442 g/mol. The lowest BCUT2D eigenvalue weighted by Gasteiger charge is -2.47. The van der Waals surface area contributed by atoms with Gasteiger partial charge in [0.1, 0.15) is 18.2 Å². The molecule has 0 aromatic heterocycles. The Kier molecular flexibility index (Phi) is 5.61. The van der Waals surface area contributed by atoms with Gasteiger partial charge in [-0.15, -0.1) is 0 Å². The fourth-order valence-electron chi connectivity index (χ4n) is 6.15. The van der Waals surface area contributed by atoms with Crippen molar-refractivity contribution in [3.05, 3.63) is 65.9 Å². The van der Waals surface area contributed by atoms with E-state index in [1.807, 2.05) is 0 Å². The lowest BCUT2D eigenvalue weighted by Crippen LogP contribution is -2.54. The Labute approximate surface area is 197 Å². The predicted octanol–water partition coefficient (Wildman–Crippen LogP) is 5.66. The number of fused-ring (bicyclic) bond motifs is 2. The number of nitrogens with zero attached hydrogens (tertiary/aromatic N) is 2. The quantitative estimate of drug-likeness (QED) is 0.628. The smallest absolute Gasteiger partial charge is 0.126 e. The molecule has 1 saturated carbocycles. The van der Waals surface area contributed by atoms with Gasteiger partial charge < -0.3 is 15.0 Å². The number of benzene rings is 2. The highest BCUT2D eigenvalue weighted by atomic mass is 16.5. The van der Waals surface area contributed by atoms with Crippen molar-refractivity contribution in [3.63, 3.8) is 0 Å². The van der Waals surface area contributed by atoms with Gasteiger partial charge in [-0.1, -0.05) is 49.4 Å². The third-order valence-corrected chi connectivity index (χ3v) is 8.24. The lowest BCUT2D eigenvalue weighted by atomic mass is 9.71. The van der Waals surface area contributed by atoms with Crippen LogP contribution in [0.4, 0.5) is 0 Å². The Balaban J connectivity index is 1.18. The van der Waals surface area contributed by atoms with E-state index in [-0.39, 0.29) is 0 Å². The van der Waals surface area contributed by atoms with Crippen LogP contribution in [0.5, 0.6) is 5.75 Å². The SMILES string of the molecule is CCC1CN=C2NC3CCC3CC2=C1N1CCCC1COc1ccc(-c2ccccc2)cc1. The third-order valence-electron chi connectivity index (χ3n) is 8.24. The van der Waals surface area contributed by atoms with Crippen molar-refractivity contribution in [1.82, 2.24) is 10.2 Å². The molecule has 4 nitrogen and oxygen atoms in total. The van der Waals surface area contributed by atoms with Crippen molar-refractivity contribution in [1.29, 1.82) is 0 Å². The van der Waals surface area contributed by atoms with Gasteiger partial charge in [0.2, 0.25) is 0 Å². The van der Waals surface area contributed by atoms with Crippen LogP contribution in [0, 0.1) is 11.8 Å². The molecular weight excluding hydrogens is 406 g/mol. The molecular formula is C29H35N3O. The van der Waals surface area contributed by atoms with Gasteiger partial charge in [0, 0.05) is 36.3 Å². The predicted molar refractivity (Wildman–Crippen MR) is 134 cm³/mol. The first-order valence-corrected chi connectivity index (χ1v) is 12.9. The highest BCUT2D eigenvalue weighted by molar-refractivity contribution is 6.00. The molecule has 172 valence electrons. The monoisotopic (exact) mass is 441 g/mol. The molecule has 2 aromatic carbocycles. The molecule has 1 aliphatic carbocycles. The van der Waals surface area contributed by atoms with Crippen molar-refractivity contribution in [2.75, 3.05) is 19.7 Å².